The van der Waals surface area contributed by atoms with Crippen molar-refractivity contribution < 1.29 is 0 Å². The summed E-state index contributed by atoms with van der Waals surface area (Å²) in [6.07, 6.45) is 7.08. The van der Waals surface area contributed by atoms with Gasteiger partial charge in [-0.15, -0.1) is 16.8 Å². The van der Waals surface area contributed by atoms with Crippen LogP contribution in [0.25, 0.3) is 22.5 Å². The van der Waals surface area contributed by atoms with Gasteiger partial charge in [0.1, 0.15) is 5.82 Å². The molecule has 4 rings (SSSR count). The van der Waals surface area contributed by atoms with Crippen molar-refractivity contribution in [3.63, 3.8) is 0 Å². The maximum Gasteiger partial charge on any atom is 0.346 e. The normalized spacial score (nSPS) is 11.3. The first-order valence-corrected chi connectivity index (χ1v) is 10.5. The van der Waals surface area contributed by atoms with E-state index in [0.29, 0.717) is 31.8 Å². The molecule has 0 atom stereocenters. The predicted molar refractivity (Wildman–Crippen MR) is 124 cm³/mol. The predicted octanol–water partition coefficient (Wildman–Crippen LogP) is 3.63. The number of allylic oxidation sites excluding steroid dienone is 3. The van der Waals surface area contributed by atoms with Gasteiger partial charge in [-0.1, -0.05) is 66.8 Å². The molecule has 2 aromatic carbocycles. The third-order valence-electron chi connectivity index (χ3n) is 5.20. The molecule has 0 aliphatic rings. The van der Waals surface area contributed by atoms with E-state index in [2.05, 4.69) is 32.3 Å². The summed E-state index contributed by atoms with van der Waals surface area (Å²) in [6.45, 7) is 6.69. The van der Waals surface area contributed by atoms with Gasteiger partial charge in [0.15, 0.2) is 0 Å². The van der Waals surface area contributed by atoms with Crippen molar-refractivity contribution in [2.24, 2.45) is 0 Å². The lowest BCUT2D eigenvalue weighted by Gasteiger charge is -2.09. The second-order valence-electron chi connectivity index (χ2n) is 7.34. The summed E-state index contributed by atoms with van der Waals surface area (Å²) >= 11 is 0. The lowest BCUT2D eigenvalue weighted by atomic mass is 9.98. The van der Waals surface area contributed by atoms with Crippen LogP contribution in [0.2, 0.25) is 0 Å². The molecule has 0 saturated heterocycles. The molecule has 4 aromatic rings. The van der Waals surface area contributed by atoms with Gasteiger partial charge in [-0.05, 0) is 35.2 Å². The van der Waals surface area contributed by atoms with E-state index >= 15 is 0 Å². The average Bonchev–Trinajstić information content (AvgIpc) is 3.46. The number of nitrogens with one attached hydrogen (secondary N) is 1. The minimum atomic E-state index is -0.0992. The third-order valence-corrected chi connectivity index (χ3v) is 5.20. The Morgan fingerprint density at radius 3 is 2.56 bits per heavy atom. The Morgan fingerprint density at radius 1 is 1.09 bits per heavy atom. The molecule has 8 nitrogen and oxygen atoms in total. The van der Waals surface area contributed by atoms with Gasteiger partial charge in [0.2, 0.25) is 5.82 Å². The first kappa shape index (κ1) is 21.2. The van der Waals surface area contributed by atoms with Crippen LogP contribution in [0.4, 0.5) is 0 Å². The summed E-state index contributed by atoms with van der Waals surface area (Å²) in [5.74, 6) is 1.31. The van der Waals surface area contributed by atoms with Gasteiger partial charge in [0.25, 0.3) is 0 Å². The van der Waals surface area contributed by atoms with Crippen LogP contribution in [0, 0.1) is 0 Å². The third kappa shape index (κ3) is 4.49. The Balaban J connectivity index is 1.62. The standard InChI is InChI=1S/C24H25N7O/c1-3-5-11-22-27-31(16-6-4-2)24(32)30(22)17-18-12-14-19(15-13-18)20-9-7-8-10-21(20)23-25-28-29-26-23/h3-5,7-10,12-15H,2,6,11,16-17H2,1H3,(H,25,26,28,29). The number of rotatable bonds is 9. The maximum absolute atomic E-state index is 12.9. The molecule has 0 fully saturated rings. The van der Waals surface area contributed by atoms with Crippen LogP contribution < -0.4 is 5.69 Å². The molecule has 0 unspecified atom stereocenters. The number of aryl methyl sites for hydroxylation is 1. The Kier molecular flexibility index (Phi) is 6.50. The quantitative estimate of drug-likeness (QED) is 0.412. The Bertz CT molecular complexity index is 1260. The lowest BCUT2D eigenvalue weighted by molar-refractivity contribution is 0.587. The molecule has 162 valence electrons. The summed E-state index contributed by atoms with van der Waals surface area (Å²) in [7, 11) is 0. The molecule has 0 saturated carbocycles. The highest BCUT2D eigenvalue weighted by Gasteiger charge is 2.14. The molecule has 0 bridgehead atoms. The highest BCUT2D eigenvalue weighted by atomic mass is 16.2. The van der Waals surface area contributed by atoms with E-state index in [0.717, 1.165) is 28.1 Å². The van der Waals surface area contributed by atoms with Gasteiger partial charge in [-0.2, -0.15) is 10.3 Å². The van der Waals surface area contributed by atoms with E-state index in [1.54, 1.807) is 10.6 Å². The molecule has 2 heterocycles. The summed E-state index contributed by atoms with van der Waals surface area (Å²) < 4.78 is 3.27. The number of benzene rings is 2. The van der Waals surface area contributed by atoms with E-state index in [9.17, 15) is 4.79 Å². The largest absolute Gasteiger partial charge is 0.346 e. The van der Waals surface area contributed by atoms with Gasteiger partial charge in [-0.25, -0.2) is 9.48 Å². The fraction of sp³-hybridized carbons (Fsp3) is 0.208. The minimum absolute atomic E-state index is 0.0992. The van der Waals surface area contributed by atoms with Crippen LogP contribution in [0.1, 0.15) is 24.7 Å². The number of nitrogens with zero attached hydrogens (tertiary/aromatic N) is 6. The van der Waals surface area contributed by atoms with E-state index in [-0.39, 0.29) is 5.69 Å². The number of H-pyrrole nitrogens is 1. The molecule has 0 aliphatic heterocycles. The highest BCUT2D eigenvalue weighted by molar-refractivity contribution is 5.80. The van der Waals surface area contributed by atoms with Crippen LogP contribution in [0.15, 0.2) is 78.1 Å². The van der Waals surface area contributed by atoms with Gasteiger partial charge in [0, 0.05) is 18.5 Å². The van der Waals surface area contributed by atoms with Crippen LogP contribution in [0.3, 0.4) is 0 Å². The highest BCUT2D eigenvalue weighted by Crippen LogP contribution is 2.29. The monoisotopic (exact) mass is 427 g/mol. The maximum atomic E-state index is 12.9. The first-order valence-electron chi connectivity index (χ1n) is 10.5. The summed E-state index contributed by atoms with van der Waals surface area (Å²) in [4.78, 5) is 12.9. The van der Waals surface area contributed by atoms with E-state index in [1.807, 2.05) is 67.6 Å². The smallest absolute Gasteiger partial charge is 0.274 e. The zero-order chi connectivity index (χ0) is 22.3. The van der Waals surface area contributed by atoms with Gasteiger partial charge in [0.05, 0.1) is 6.54 Å². The van der Waals surface area contributed by atoms with E-state index in [1.165, 1.54) is 4.68 Å². The van der Waals surface area contributed by atoms with Crippen molar-refractivity contribution in [3.8, 4) is 22.5 Å². The topological polar surface area (TPSA) is 94.3 Å². The number of hydrogen-bond acceptors (Lipinski definition) is 5. The van der Waals surface area contributed by atoms with E-state index in [4.69, 9.17) is 0 Å². The molecule has 2 aromatic heterocycles. The second-order valence-corrected chi connectivity index (χ2v) is 7.34. The minimum Gasteiger partial charge on any atom is -0.274 e. The summed E-state index contributed by atoms with van der Waals surface area (Å²) in [5, 5.41) is 18.9. The number of aromatic amines is 1. The van der Waals surface area contributed by atoms with Crippen molar-refractivity contribution in [2.45, 2.75) is 32.9 Å². The van der Waals surface area contributed by atoms with Crippen molar-refractivity contribution in [1.82, 2.24) is 35.0 Å². The van der Waals surface area contributed by atoms with Gasteiger partial charge < -0.3 is 0 Å². The Morgan fingerprint density at radius 2 is 1.88 bits per heavy atom. The number of hydrogen-bond donors (Lipinski definition) is 1. The number of aromatic nitrogens is 7. The molecule has 8 heteroatoms. The first-order chi connectivity index (χ1) is 15.7. The van der Waals surface area contributed by atoms with Crippen molar-refractivity contribution in [2.75, 3.05) is 0 Å². The van der Waals surface area contributed by atoms with Gasteiger partial charge in [-0.3, -0.25) is 4.57 Å². The van der Waals surface area contributed by atoms with Crippen LogP contribution in [-0.4, -0.2) is 35.0 Å². The zero-order valence-corrected chi connectivity index (χ0v) is 18.0. The molecule has 1 N–H and O–H groups in total. The van der Waals surface area contributed by atoms with Gasteiger partial charge >= 0.3 is 5.69 Å². The summed E-state index contributed by atoms with van der Waals surface area (Å²) in [5.41, 5.74) is 3.89. The molecule has 0 aliphatic carbocycles. The van der Waals surface area contributed by atoms with Crippen molar-refractivity contribution >= 4 is 0 Å². The molecule has 0 spiro atoms. The number of tetrazole rings is 1. The zero-order valence-electron chi connectivity index (χ0n) is 18.0. The van der Waals surface area contributed by atoms with Crippen molar-refractivity contribution in [3.05, 3.63) is 95.2 Å². The van der Waals surface area contributed by atoms with E-state index < -0.39 is 0 Å². The van der Waals surface area contributed by atoms with Crippen LogP contribution in [-0.2, 0) is 19.5 Å². The second kappa shape index (κ2) is 9.82. The molecular weight excluding hydrogens is 402 g/mol. The summed E-state index contributed by atoms with van der Waals surface area (Å²) in [6, 6.07) is 16.1. The van der Waals surface area contributed by atoms with Crippen LogP contribution in [0.5, 0.6) is 0 Å². The fourth-order valence-corrected chi connectivity index (χ4v) is 3.56. The van der Waals surface area contributed by atoms with Crippen molar-refractivity contribution in [1.29, 1.82) is 0 Å². The molecular formula is C24H25N7O. The molecule has 0 radical (unpaired) electrons. The fourth-order valence-electron chi connectivity index (χ4n) is 3.56. The molecule has 32 heavy (non-hydrogen) atoms. The molecule has 0 amide bonds. The van der Waals surface area contributed by atoms with Crippen LogP contribution >= 0.6 is 0 Å². The Labute approximate surface area is 185 Å². The Hall–Kier alpha value is -4.07. The SMILES string of the molecule is C=CCCn1nc(CC=CC)n(Cc2ccc(-c3ccccc3-c3nn[nH]n3)cc2)c1=O. The lowest BCUT2D eigenvalue weighted by Crippen LogP contribution is -2.26. The average molecular weight is 428 g/mol.